The lowest BCUT2D eigenvalue weighted by Gasteiger charge is -2.28. The van der Waals surface area contributed by atoms with Gasteiger partial charge in [0, 0.05) is 32.9 Å². The lowest BCUT2D eigenvalue weighted by atomic mass is 10.0. The first kappa shape index (κ1) is 22.0. The monoisotopic (exact) mass is 369 g/mol. The maximum atomic E-state index is 12.4. The molecule has 0 fully saturated rings. The fraction of sp³-hybridized carbons (Fsp3) is 0.722. The summed E-state index contributed by atoms with van der Waals surface area (Å²) < 4.78 is 10.8. The van der Waals surface area contributed by atoms with Gasteiger partial charge in [-0.05, 0) is 33.3 Å². The fourth-order valence-electron chi connectivity index (χ4n) is 2.21. The molecule has 1 rings (SSSR count). The molecule has 0 saturated carbocycles. The van der Waals surface area contributed by atoms with Gasteiger partial charge in [0.2, 0.25) is 5.91 Å². The number of carbonyl (C=O) groups is 3. The van der Waals surface area contributed by atoms with Crippen molar-refractivity contribution in [2.24, 2.45) is 0 Å². The van der Waals surface area contributed by atoms with E-state index in [9.17, 15) is 14.4 Å². The van der Waals surface area contributed by atoms with E-state index in [1.165, 1.54) is 17.2 Å². The van der Waals surface area contributed by atoms with Gasteiger partial charge in [-0.25, -0.2) is 4.79 Å². The highest BCUT2D eigenvalue weighted by Crippen LogP contribution is 2.10. The number of rotatable bonds is 8. The zero-order valence-corrected chi connectivity index (χ0v) is 16.3. The van der Waals surface area contributed by atoms with E-state index >= 15 is 0 Å². The molecular weight excluding hydrogens is 338 g/mol. The summed E-state index contributed by atoms with van der Waals surface area (Å²) in [4.78, 5) is 37.7. The number of amides is 2. The van der Waals surface area contributed by atoms with Gasteiger partial charge < -0.3 is 25.0 Å². The fourth-order valence-corrected chi connectivity index (χ4v) is 2.21. The standard InChI is InChI=1S/C18H31N3O5/c1-6-7-12-25-15-13(22)8-9-19-14(15)16(23)20-10-11-21(5)17(24)26-18(2,3)4/h8-9,14-15,19H,6-7,10-12H2,1-5H3,(H,20,23). The Hall–Kier alpha value is -2.09. The van der Waals surface area contributed by atoms with Gasteiger partial charge in [-0.15, -0.1) is 0 Å². The lowest BCUT2D eigenvalue weighted by Crippen LogP contribution is -2.56. The summed E-state index contributed by atoms with van der Waals surface area (Å²) >= 11 is 0. The van der Waals surface area contributed by atoms with Crippen molar-refractivity contribution >= 4 is 17.8 Å². The number of likely N-dealkylation sites (N-methyl/N-ethyl adjacent to an activating group) is 1. The van der Waals surface area contributed by atoms with E-state index < -0.39 is 23.8 Å². The van der Waals surface area contributed by atoms with Crippen LogP contribution < -0.4 is 10.6 Å². The van der Waals surface area contributed by atoms with Crippen LogP contribution in [0.25, 0.3) is 0 Å². The normalized spacial score (nSPS) is 19.7. The molecule has 8 nitrogen and oxygen atoms in total. The summed E-state index contributed by atoms with van der Waals surface area (Å²) in [6.07, 6.45) is 3.30. The van der Waals surface area contributed by atoms with E-state index in [-0.39, 0.29) is 18.2 Å². The van der Waals surface area contributed by atoms with E-state index in [1.54, 1.807) is 27.8 Å². The van der Waals surface area contributed by atoms with Crippen LogP contribution >= 0.6 is 0 Å². The van der Waals surface area contributed by atoms with Crippen molar-refractivity contribution in [2.45, 2.75) is 58.3 Å². The molecule has 2 atom stereocenters. The van der Waals surface area contributed by atoms with E-state index in [1.807, 2.05) is 6.92 Å². The van der Waals surface area contributed by atoms with Crippen LogP contribution in [0.3, 0.4) is 0 Å². The molecule has 0 spiro atoms. The summed E-state index contributed by atoms with van der Waals surface area (Å²) in [7, 11) is 1.60. The first-order valence-corrected chi connectivity index (χ1v) is 8.95. The van der Waals surface area contributed by atoms with Crippen molar-refractivity contribution < 1.29 is 23.9 Å². The Bertz CT molecular complexity index is 527. The molecule has 1 aliphatic heterocycles. The smallest absolute Gasteiger partial charge is 0.410 e. The number of nitrogens with zero attached hydrogens (tertiary/aromatic N) is 1. The molecule has 0 saturated heterocycles. The maximum Gasteiger partial charge on any atom is 0.410 e. The maximum absolute atomic E-state index is 12.4. The Kier molecular flexibility index (Phi) is 8.57. The topological polar surface area (TPSA) is 97.0 Å². The minimum atomic E-state index is -0.838. The minimum absolute atomic E-state index is 0.231. The Morgan fingerprint density at radius 1 is 1.35 bits per heavy atom. The average molecular weight is 369 g/mol. The van der Waals surface area contributed by atoms with Crippen molar-refractivity contribution in [1.29, 1.82) is 0 Å². The van der Waals surface area contributed by atoms with Gasteiger partial charge in [0.1, 0.15) is 17.7 Å². The predicted octanol–water partition coefficient (Wildman–Crippen LogP) is 1.21. The number of hydrogen-bond acceptors (Lipinski definition) is 6. The Morgan fingerprint density at radius 3 is 2.65 bits per heavy atom. The second-order valence-electron chi connectivity index (χ2n) is 7.22. The second kappa shape index (κ2) is 10.2. The molecule has 8 heteroatoms. The van der Waals surface area contributed by atoms with Crippen LogP contribution in [0.1, 0.15) is 40.5 Å². The predicted molar refractivity (Wildman–Crippen MR) is 97.6 cm³/mol. The third kappa shape index (κ3) is 7.43. The molecule has 0 aromatic rings. The second-order valence-corrected chi connectivity index (χ2v) is 7.22. The highest BCUT2D eigenvalue weighted by atomic mass is 16.6. The molecule has 2 N–H and O–H groups in total. The van der Waals surface area contributed by atoms with Crippen LogP contribution in [0.4, 0.5) is 4.79 Å². The molecule has 0 bridgehead atoms. The van der Waals surface area contributed by atoms with E-state index in [0.29, 0.717) is 13.2 Å². The van der Waals surface area contributed by atoms with Crippen LogP contribution in [-0.4, -0.2) is 67.2 Å². The Balaban J connectivity index is 2.48. The van der Waals surface area contributed by atoms with E-state index in [2.05, 4.69) is 10.6 Å². The van der Waals surface area contributed by atoms with Gasteiger partial charge in [0.25, 0.3) is 0 Å². The van der Waals surface area contributed by atoms with Gasteiger partial charge in [0.15, 0.2) is 5.78 Å². The summed E-state index contributed by atoms with van der Waals surface area (Å²) in [5, 5.41) is 5.60. The molecule has 2 amide bonds. The summed E-state index contributed by atoms with van der Waals surface area (Å²) in [5.41, 5.74) is -0.573. The average Bonchev–Trinajstić information content (AvgIpc) is 2.54. The Labute approximate surface area is 155 Å². The van der Waals surface area contributed by atoms with Crippen LogP contribution in [-0.2, 0) is 19.1 Å². The quantitative estimate of drug-likeness (QED) is 0.624. The number of unbranched alkanes of at least 4 members (excludes halogenated alkanes) is 1. The van der Waals surface area contributed by atoms with Crippen molar-refractivity contribution in [1.82, 2.24) is 15.5 Å². The molecule has 148 valence electrons. The van der Waals surface area contributed by atoms with Crippen LogP contribution in [0.15, 0.2) is 12.3 Å². The summed E-state index contributed by atoms with van der Waals surface area (Å²) in [6, 6.07) is -0.781. The van der Waals surface area contributed by atoms with Crippen molar-refractivity contribution in [3.8, 4) is 0 Å². The van der Waals surface area contributed by atoms with Gasteiger partial charge in [-0.2, -0.15) is 0 Å². The van der Waals surface area contributed by atoms with Crippen molar-refractivity contribution in [3.63, 3.8) is 0 Å². The third-order valence-electron chi connectivity index (χ3n) is 3.64. The SMILES string of the molecule is CCCCOC1C(=O)C=CNC1C(=O)NCCN(C)C(=O)OC(C)(C)C. The number of nitrogens with one attached hydrogen (secondary N) is 2. The van der Waals surface area contributed by atoms with Crippen LogP contribution in [0.2, 0.25) is 0 Å². The first-order valence-electron chi connectivity index (χ1n) is 8.95. The van der Waals surface area contributed by atoms with Gasteiger partial charge in [-0.1, -0.05) is 13.3 Å². The summed E-state index contributed by atoms with van der Waals surface area (Å²) in [6.45, 7) is 8.35. The van der Waals surface area contributed by atoms with Gasteiger partial charge in [-0.3, -0.25) is 9.59 Å². The summed E-state index contributed by atoms with van der Waals surface area (Å²) in [5.74, 6) is -0.576. The molecule has 0 radical (unpaired) electrons. The number of hydrogen-bond donors (Lipinski definition) is 2. The zero-order valence-electron chi connectivity index (χ0n) is 16.3. The molecule has 1 aliphatic rings. The van der Waals surface area contributed by atoms with Crippen LogP contribution in [0.5, 0.6) is 0 Å². The molecule has 2 unspecified atom stereocenters. The number of ketones is 1. The van der Waals surface area contributed by atoms with Crippen molar-refractivity contribution in [3.05, 3.63) is 12.3 Å². The van der Waals surface area contributed by atoms with E-state index in [0.717, 1.165) is 12.8 Å². The molecule has 0 aliphatic carbocycles. The van der Waals surface area contributed by atoms with Crippen molar-refractivity contribution in [2.75, 3.05) is 26.7 Å². The highest BCUT2D eigenvalue weighted by Gasteiger charge is 2.35. The molecule has 0 aromatic heterocycles. The third-order valence-corrected chi connectivity index (χ3v) is 3.64. The van der Waals surface area contributed by atoms with E-state index in [4.69, 9.17) is 9.47 Å². The minimum Gasteiger partial charge on any atom is -0.444 e. The molecule has 1 heterocycles. The van der Waals surface area contributed by atoms with Crippen LogP contribution in [0, 0.1) is 0 Å². The Morgan fingerprint density at radius 2 is 2.04 bits per heavy atom. The molecular formula is C18H31N3O5. The van der Waals surface area contributed by atoms with Gasteiger partial charge in [0.05, 0.1) is 0 Å². The lowest BCUT2D eigenvalue weighted by molar-refractivity contribution is -0.137. The molecule has 0 aromatic carbocycles. The highest BCUT2D eigenvalue weighted by molar-refractivity contribution is 6.00. The molecule has 26 heavy (non-hydrogen) atoms. The first-order chi connectivity index (χ1) is 12.2. The van der Waals surface area contributed by atoms with Gasteiger partial charge >= 0.3 is 6.09 Å². The number of ether oxygens (including phenoxy) is 2. The largest absolute Gasteiger partial charge is 0.444 e. The zero-order chi connectivity index (χ0) is 19.7. The number of carbonyl (C=O) groups excluding carboxylic acids is 3.